The average molecular weight is 496 g/mol. The minimum Gasteiger partial charge on any atom is -0.464 e. The Labute approximate surface area is 211 Å². The number of carbonyl (C=O) groups excluding carboxylic acids is 1. The van der Waals surface area contributed by atoms with Crippen molar-refractivity contribution in [1.82, 2.24) is 20.1 Å². The lowest BCUT2D eigenvalue weighted by atomic mass is 10.1. The minimum atomic E-state index is -0.496. The van der Waals surface area contributed by atoms with E-state index in [0.29, 0.717) is 30.9 Å². The molecule has 0 bridgehead atoms. The zero-order chi connectivity index (χ0) is 25.9. The Morgan fingerprint density at radius 3 is 2.58 bits per heavy atom. The Morgan fingerprint density at radius 2 is 1.92 bits per heavy atom. The normalized spacial score (nSPS) is 11.0. The van der Waals surface area contributed by atoms with Crippen LogP contribution in [0.1, 0.15) is 70.5 Å². The molecule has 2 heterocycles. The molecule has 0 aliphatic rings. The molecule has 9 heteroatoms. The number of ether oxygens (including phenoxy) is 1. The number of unbranched alkanes of at least 4 members (excludes halogenated alkanes) is 2. The van der Waals surface area contributed by atoms with Gasteiger partial charge in [-0.3, -0.25) is 4.79 Å². The van der Waals surface area contributed by atoms with Crippen molar-refractivity contribution in [1.29, 1.82) is 0 Å². The first-order valence-corrected chi connectivity index (χ1v) is 12.4. The molecule has 3 aromatic rings. The van der Waals surface area contributed by atoms with Crippen LogP contribution in [0.15, 0.2) is 53.6 Å². The second kappa shape index (κ2) is 13.5. The summed E-state index contributed by atoms with van der Waals surface area (Å²) in [4.78, 5) is 27.6. The van der Waals surface area contributed by atoms with E-state index >= 15 is 0 Å². The van der Waals surface area contributed by atoms with Crippen LogP contribution in [0.4, 0.5) is 10.1 Å². The summed E-state index contributed by atoms with van der Waals surface area (Å²) in [5, 5.41) is 4.03. The highest BCUT2D eigenvalue weighted by Crippen LogP contribution is 2.26. The molecule has 1 aromatic carbocycles. The maximum Gasteiger partial charge on any atom is 0.316 e. The zero-order valence-electron chi connectivity index (χ0n) is 21.2. The third-order valence-electron chi connectivity index (χ3n) is 5.56. The molecular formula is C27H34FN5O3. The average Bonchev–Trinajstić information content (AvgIpc) is 3.35. The van der Waals surface area contributed by atoms with Crippen LogP contribution in [0.5, 0.6) is 6.01 Å². The SMILES string of the molecule is C=C(F)CCC(=O)N(CCCCCc1noc(C(C)C)n1)c1cccc(-c2cnc(OCC)nc2)c1. The predicted octanol–water partition coefficient (Wildman–Crippen LogP) is 6.06. The van der Waals surface area contributed by atoms with Gasteiger partial charge in [0.05, 0.1) is 12.4 Å². The van der Waals surface area contributed by atoms with Crippen LogP contribution in [-0.4, -0.2) is 39.2 Å². The molecule has 0 aliphatic carbocycles. The monoisotopic (exact) mass is 495 g/mol. The van der Waals surface area contributed by atoms with E-state index < -0.39 is 5.83 Å². The number of aromatic nitrogens is 4. The molecule has 0 aliphatic heterocycles. The fraction of sp³-hybridized carbons (Fsp3) is 0.444. The molecule has 0 N–H and O–H groups in total. The lowest BCUT2D eigenvalue weighted by Gasteiger charge is -2.23. The highest BCUT2D eigenvalue weighted by atomic mass is 19.1. The van der Waals surface area contributed by atoms with Crippen LogP contribution < -0.4 is 9.64 Å². The molecule has 2 aromatic heterocycles. The third-order valence-corrected chi connectivity index (χ3v) is 5.56. The number of benzene rings is 1. The van der Waals surface area contributed by atoms with Crippen LogP contribution in [0, 0.1) is 0 Å². The number of rotatable bonds is 14. The summed E-state index contributed by atoms with van der Waals surface area (Å²) in [6.45, 7) is 10.2. The van der Waals surface area contributed by atoms with E-state index in [1.54, 1.807) is 17.3 Å². The smallest absolute Gasteiger partial charge is 0.316 e. The predicted molar refractivity (Wildman–Crippen MR) is 136 cm³/mol. The van der Waals surface area contributed by atoms with E-state index in [2.05, 4.69) is 26.7 Å². The van der Waals surface area contributed by atoms with Crippen molar-refractivity contribution < 1.29 is 18.4 Å². The molecule has 192 valence electrons. The number of aryl methyl sites for hydroxylation is 1. The van der Waals surface area contributed by atoms with Crippen molar-refractivity contribution in [2.24, 2.45) is 0 Å². The van der Waals surface area contributed by atoms with E-state index in [-0.39, 0.29) is 24.7 Å². The number of carbonyl (C=O) groups is 1. The fourth-order valence-corrected chi connectivity index (χ4v) is 3.63. The molecule has 0 saturated carbocycles. The number of anilines is 1. The Balaban J connectivity index is 1.66. The summed E-state index contributed by atoms with van der Waals surface area (Å²) in [6, 6.07) is 7.95. The largest absolute Gasteiger partial charge is 0.464 e. The molecule has 0 spiro atoms. The molecule has 0 atom stereocenters. The molecule has 1 amide bonds. The van der Waals surface area contributed by atoms with Crippen LogP contribution in [0.3, 0.4) is 0 Å². The van der Waals surface area contributed by atoms with Crippen molar-refractivity contribution in [3.8, 4) is 17.1 Å². The van der Waals surface area contributed by atoms with Crippen LogP contribution >= 0.6 is 0 Å². The van der Waals surface area contributed by atoms with E-state index in [4.69, 9.17) is 9.26 Å². The van der Waals surface area contributed by atoms with Gasteiger partial charge in [0.1, 0.15) is 0 Å². The lowest BCUT2D eigenvalue weighted by molar-refractivity contribution is -0.118. The highest BCUT2D eigenvalue weighted by molar-refractivity contribution is 5.94. The quantitative estimate of drug-likeness (QED) is 0.251. The molecule has 0 fully saturated rings. The number of hydrogen-bond donors (Lipinski definition) is 0. The molecule has 3 rings (SSSR count). The summed E-state index contributed by atoms with van der Waals surface area (Å²) < 4.78 is 23.8. The van der Waals surface area contributed by atoms with Gasteiger partial charge in [0.25, 0.3) is 0 Å². The van der Waals surface area contributed by atoms with Gasteiger partial charge >= 0.3 is 6.01 Å². The first-order valence-electron chi connectivity index (χ1n) is 12.4. The maximum absolute atomic E-state index is 13.3. The number of amides is 1. The van der Waals surface area contributed by atoms with Crippen molar-refractivity contribution in [3.63, 3.8) is 0 Å². The third kappa shape index (κ3) is 7.96. The molecule has 0 saturated heterocycles. The number of nitrogens with zero attached hydrogens (tertiary/aromatic N) is 5. The number of hydrogen-bond acceptors (Lipinski definition) is 7. The van der Waals surface area contributed by atoms with Crippen LogP contribution in [0.25, 0.3) is 11.1 Å². The van der Waals surface area contributed by atoms with Gasteiger partial charge in [-0.05, 0) is 37.5 Å². The molecular weight excluding hydrogens is 461 g/mol. The Bertz CT molecular complexity index is 1130. The van der Waals surface area contributed by atoms with Gasteiger partial charge in [-0.1, -0.05) is 44.1 Å². The van der Waals surface area contributed by atoms with Crippen LogP contribution in [0.2, 0.25) is 0 Å². The molecule has 36 heavy (non-hydrogen) atoms. The summed E-state index contributed by atoms with van der Waals surface area (Å²) in [5.74, 6) is 0.918. The topological polar surface area (TPSA) is 94.2 Å². The standard InChI is InChI=1S/C27H34FN5O3/c1-5-35-27-29-17-22(18-30-27)21-10-9-11-23(16-21)33(25(34)14-13-20(4)28)15-8-6-7-12-24-31-26(19(2)3)36-32-24/h9-11,16-19H,4-8,12-15H2,1-3H3. The lowest BCUT2D eigenvalue weighted by Crippen LogP contribution is -2.31. The van der Waals surface area contributed by atoms with Gasteiger partial charge in [-0.15, -0.1) is 0 Å². The highest BCUT2D eigenvalue weighted by Gasteiger charge is 2.17. The second-order valence-electron chi connectivity index (χ2n) is 8.81. The Hall–Kier alpha value is -3.62. The number of allylic oxidation sites excluding steroid dienone is 1. The second-order valence-corrected chi connectivity index (χ2v) is 8.81. The Morgan fingerprint density at radius 1 is 1.14 bits per heavy atom. The van der Waals surface area contributed by atoms with Crippen molar-refractivity contribution in [3.05, 3.63) is 60.8 Å². The fourth-order valence-electron chi connectivity index (χ4n) is 3.63. The van der Waals surface area contributed by atoms with E-state index in [1.807, 2.05) is 45.0 Å². The molecule has 0 radical (unpaired) electrons. The van der Waals surface area contributed by atoms with Gasteiger partial charge in [-0.25, -0.2) is 14.4 Å². The van der Waals surface area contributed by atoms with E-state index in [0.717, 1.165) is 42.5 Å². The van der Waals surface area contributed by atoms with Gasteiger partial charge in [-0.2, -0.15) is 4.98 Å². The Kier molecular flexibility index (Phi) is 10.1. The van der Waals surface area contributed by atoms with Crippen LogP contribution in [-0.2, 0) is 11.2 Å². The summed E-state index contributed by atoms with van der Waals surface area (Å²) >= 11 is 0. The van der Waals surface area contributed by atoms with Gasteiger partial charge < -0.3 is 14.2 Å². The van der Waals surface area contributed by atoms with Crippen molar-refractivity contribution in [2.45, 2.75) is 65.2 Å². The van der Waals surface area contributed by atoms with Crippen molar-refractivity contribution in [2.75, 3.05) is 18.1 Å². The van der Waals surface area contributed by atoms with Gasteiger partial charge in [0.2, 0.25) is 11.8 Å². The summed E-state index contributed by atoms with van der Waals surface area (Å²) in [7, 11) is 0. The molecule has 0 unspecified atom stereocenters. The number of halogens is 1. The van der Waals surface area contributed by atoms with E-state index in [9.17, 15) is 9.18 Å². The maximum atomic E-state index is 13.3. The van der Waals surface area contributed by atoms with Crippen molar-refractivity contribution >= 4 is 11.6 Å². The first-order chi connectivity index (χ1) is 17.4. The van der Waals surface area contributed by atoms with Gasteiger partial charge in [0.15, 0.2) is 5.82 Å². The molecule has 8 nitrogen and oxygen atoms in total. The van der Waals surface area contributed by atoms with E-state index in [1.165, 1.54) is 0 Å². The summed E-state index contributed by atoms with van der Waals surface area (Å²) in [6.07, 6.45) is 6.73. The van der Waals surface area contributed by atoms with Gasteiger partial charge in [0, 0.05) is 55.4 Å². The summed E-state index contributed by atoms with van der Waals surface area (Å²) in [5.41, 5.74) is 2.43. The minimum absolute atomic E-state index is 0.0117. The first kappa shape index (κ1) is 27.0. The zero-order valence-corrected chi connectivity index (χ0v) is 21.2.